The molecule has 1 rings (SSSR count). The van der Waals surface area contributed by atoms with E-state index >= 15 is 0 Å². The lowest BCUT2D eigenvalue weighted by atomic mass is 10.2. The third-order valence-electron chi connectivity index (χ3n) is 1.88. The highest BCUT2D eigenvalue weighted by Crippen LogP contribution is 2.23. The highest BCUT2D eigenvalue weighted by atomic mass is 32.2. The summed E-state index contributed by atoms with van der Waals surface area (Å²) in [7, 11) is 1.45. The maximum Gasteiger partial charge on any atom is 0.186 e. The molecule has 0 unspecified atom stereocenters. The van der Waals surface area contributed by atoms with Crippen molar-refractivity contribution in [2.24, 2.45) is 0 Å². The molecule has 0 aliphatic carbocycles. The molecule has 4 nitrogen and oxygen atoms in total. The van der Waals surface area contributed by atoms with Gasteiger partial charge in [-0.15, -0.1) is 0 Å². The quantitative estimate of drug-likeness (QED) is 0.631. The van der Waals surface area contributed by atoms with Crippen LogP contribution in [-0.2, 0) is 9.47 Å². The van der Waals surface area contributed by atoms with Gasteiger partial charge in [-0.05, 0) is 6.26 Å². The zero-order valence-corrected chi connectivity index (χ0v) is 7.95. The van der Waals surface area contributed by atoms with Gasteiger partial charge < -0.3 is 19.7 Å². The Morgan fingerprint density at radius 2 is 2.08 bits per heavy atom. The summed E-state index contributed by atoms with van der Waals surface area (Å²) in [6, 6.07) is 0. The van der Waals surface area contributed by atoms with Crippen LogP contribution in [0.1, 0.15) is 0 Å². The zero-order valence-electron chi connectivity index (χ0n) is 7.14. The van der Waals surface area contributed by atoms with Gasteiger partial charge in [-0.2, -0.15) is 11.8 Å². The summed E-state index contributed by atoms with van der Waals surface area (Å²) in [6.45, 7) is 0. The Kier molecular flexibility index (Phi) is 3.79. The summed E-state index contributed by atoms with van der Waals surface area (Å²) in [5, 5.41) is 18.8. The predicted octanol–water partition coefficient (Wildman–Crippen LogP) is -0.557. The Hall–Kier alpha value is 0.190. The minimum atomic E-state index is -0.924. The molecule has 0 aromatic carbocycles. The average Bonchev–Trinajstić information content (AvgIpc) is 2.33. The number of aliphatic hydroxyl groups is 2. The monoisotopic (exact) mass is 194 g/mol. The smallest absolute Gasteiger partial charge is 0.186 e. The Balaban J connectivity index is 2.48. The summed E-state index contributed by atoms with van der Waals surface area (Å²) in [5.41, 5.74) is 0. The Morgan fingerprint density at radius 3 is 2.50 bits per heavy atom. The van der Waals surface area contributed by atoms with Gasteiger partial charge in [0, 0.05) is 12.9 Å². The summed E-state index contributed by atoms with van der Waals surface area (Å²) in [4.78, 5) is 0. The minimum Gasteiger partial charge on any atom is -0.387 e. The first-order valence-electron chi connectivity index (χ1n) is 3.74. The van der Waals surface area contributed by atoms with Crippen LogP contribution >= 0.6 is 11.8 Å². The fourth-order valence-corrected chi connectivity index (χ4v) is 1.82. The Morgan fingerprint density at radius 1 is 1.42 bits per heavy atom. The molecule has 2 N–H and O–H groups in total. The normalized spacial score (nSPS) is 42.0. The Labute approximate surface area is 75.9 Å². The van der Waals surface area contributed by atoms with Gasteiger partial charge in [-0.1, -0.05) is 0 Å². The minimum absolute atomic E-state index is 0.319. The van der Waals surface area contributed by atoms with Gasteiger partial charge in [0.1, 0.15) is 12.2 Å². The molecule has 0 aromatic heterocycles. The van der Waals surface area contributed by atoms with Crippen LogP contribution in [0.4, 0.5) is 0 Å². The molecule has 1 fully saturated rings. The largest absolute Gasteiger partial charge is 0.387 e. The maximum absolute atomic E-state index is 9.42. The molecule has 12 heavy (non-hydrogen) atoms. The van der Waals surface area contributed by atoms with E-state index in [0.717, 1.165) is 0 Å². The standard InChI is InChI=1S/C7H14O4S/c1-10-7-6(9)5(8)4(11-7)3-12-2/h4-9H,3H2,1-2H3/t4-,5+,6-,7+/m1/s1. The number of hydrogen-bond acceptors (Lipinski definition) is 5. The number of methoxy groups -OCH3 is 1. The van der Waals surface area contributed by atoms with E-state index in [1.807, 2.05) is 6.26 Å². The van der Waals surface area contributed by atoms with E-state index in [0.29, 0.717) is 5.75 Å². The molecule has 0 saturated carbocycles. The van der Waals surface area contributed by atoms with Crippen LogP contribution < -0.4 is 0 Å². The summed E-state index contributed by atoms with van der Waals surface area (Å²) >= 11 is 1.57. The van der Waals surface area contributed by atoms with Crippen LogP contribution in [0.5, 0.6) is 0 Å². The SMILES string of the molecule is CO[C@H]1O[C@H](CSC)[C@H](O)[C@H]1O. The van der Waals surface area contributed by atoms with E-state index in [4.69, 9.17) is 9.47 Å². The molecule has 0 amide bonds. The molecule has 0 aromatic rings. The van der Waals surface area contributed by atoms with E-state index in [9.17, 15) is 10.2 Å². The molecule has 5 heteroatoms. The molecule has 0 radical (unpaired) electrons. The van der Waals surface area contributed by atoms with Crippen molar-refractivity contribution in [2.45, 2.75) is 24.6 Å². The average molecular weight is 194 g/mol. The van der Waals surface area contributed by atoms with Crippen LogP contribution in [-0.4, -0.2) is 53.9 Å². The van der Waals surface area contributed by atoms with Crippen molar-refractivity contribution in [1.82, 2.24) is 0 Å². The topological polar surface area (TPSA) is 58.9 Å². The molecule has 1 saturated heterocycles. The fraction of sp³-hybridized carbons (Fsp3) is 1.00. The third kappa shape index (κ3) is 1.92. The molecule has 72 valence electrons. The van der Waals surface area contributed by atoms with E-state index < -0.39 is 18.5 Å². The van der Waals surface area contributed by atoms with Crippen LogP contribution in [0.3, 0.4) is 0 Å². The van der Waals surface area contributed by atoms with Crippen molar-refractivity contribution in [3.8, 4) is 0 Å². The summed E-state index contributed by atoms with van der Waals surface area (Å²) in [6.07, 6.45) is -0.838. The predicted molar refractivity (Wildman–Crippen MR) is 46.1 cm³/mol. The van der Waals surface area contributed by atoms with Crippen LogP contribution in [0, 0.1) is 0 Å². The molecular formula is C7H14O4S. The molecule has 1 heterocycles. The van der Waals surface area contributed by atoms with Crippen molar-refractivity contribution in [3.63, 3.8) is 0 Å². The van der Waals surface area contributed by atoms with Gasteiger partial charge >= 0.3 is 0 Å². The van der Waals surface area contributed by atoms with Gasteiger partial charge in [0.25, 0.3) is 0 Å². The van der Waals surface area contributed by atoms with Crippen LogP contribution in [0.25, 0.3) is 0 Å². The molecule has 4 atom stereocenters. The van der Waals surface area contributed by atoms with E-state index in [1.165, 1.54) is 7.11 Å². The molecular weight excluding hydrogens is 180 g/mol. The molecule has 1 aliphatic rings. The fourth-order valence-electron chi connectivity index (χ4n) is 1.21. The zero-order chi connectivity index (χ0) is 9.14. The van der Waals surface area contributed by atoms with Crippen molar-refractivity contribution in [3.05, 3.63) is 0 Å². The van der Waals surface area contributed by atoms with E-state index in [1.54, 1.807) is 11.8 Å². The second-order valence-electron chi connectivity index (χ2n) is 2.72. The first-order valence-corrected chi connectivity index (χ1v) is 5.13. The van der Waals surface area contributed by atoms with Crippen molar-refractivity contribution in [1.29, 1.82) is 0 Å². The number of thioether (sulfide) groups is 1. The summed E-state index contributed by atoms with van der Waals surface area (Å²) in [5.74, 6) is 0.665. The van der Waals surface area contributed by atoms with Gasteiger partial charge in [-0.3, -0.25) is 0 Å². The highest BCUT2D eigenvalue weighted by Gasteiger charge is 2.42. The first kappa shape index (κ1) is 10.3. The van der Waals surface area contributed by atoms with Gasteiger partial charge in [0.05, 0.1) is 6.10 Å². The summed E-state index contributed by atoms with van der Waals surface area (Å²) < 4.78 is 10.1. The lowest BCUT2D eigenvalue weighted by molar-refractivity contribution is -0.145. The van der Waals surface area contributed by atoms with Crippen LogP contribution in [0.2, 0.25) is 0 Å². The highest BCUT2D eigenvalue weighted by molar-refractivity contribution is 7.98. The van der Waals surface area contributed by atoms with Crippen molar-refractivity contribution >= 4 is 11.8 Å². The van der Waals surface area contributed by atoms with Crippen molar-refractivity contribution < 1.29 is 19.7 Å². The number of rotatable bonds is 3. The van der Waals surface area contributed by atoms with E-state index in [-0.39, 0.29) is 6.10 Å². The number of hydrogen-bond donors (Lipinski definition) is 2. The second kappa shape index (κ2) is 4.43. The Bertz CT molecular complexity index is 143. The number of ether oxygens (including phenoxy) is 2. The third-order valence-corrected chi connectivity index (χ3v) is 2.54. The molecule has 0 spiro atoms. The van der Waals surface area contributed by atoms with Gasteiger partial charge in [0.2, 0.25) is 0 Å². The maximum atomic E-state index is 9.42. The molecule has 0 bridgehead atoms. The lowest BCUT2D eigenvalue weighted by Crippen LogP contribution is -2.33. The van der Waals surface area contributed by atoms with E-state index in [2.05, 4.69) is 0 Å². The van der Waals surface area contributed by atoms with Gasteiger partial charge in [0.15, 0.2) is 6.29 Å². The van der Waals surface area contributed by atoms with Gasteiger partial charge in [-0.25, -0.2) is 0 Å². The van der Waals surface area contributed by atoms with Crippen LogP contribution in [0.15, 0.2) is 0 Å². The molecule has 1 aliphatic heterocycles. The lowest BCUT2D eigenvalue weighted by Gasteiger charge is -2.11. The van der Waals surface area contributed by atoms with Crippen molar-refractivity contribution in [2.75, 3.05) is 19.1 Å². The first-order chi connectivity index (χ1) is 5.70. The number of aliphatic hydroxyl groups excluding tert-OH is 2. The second-order valence-corrected chi connectivity index (χ2v) is 3.63.